The summed E-state index contributed by atoms with van der Waals surface area (Å²) in [6, 6.07) is 0.664. The summed E-state index contributed by atoms with van der Waals surface area (Å²) in [7, 11) is 0. The van der Waals surface area contributed by atoms with Gasteiger partial charge in [-0.1, -0.05) is 19.3 Å². The maximum Gasteiger partial charge on any atom is 0.0798 e. The van der Waals surface area contributed by atoms with E-state index < -0.39 is 0 Å². The normalized spacial score (nSPS) is 17.8. The second kappa shape index (κ2) is 6.47. The molecule has 1 aromatic rings. The van der Waals surface area contributed by atoms with Gasteiger partial charge in [0, 0.05) is 24.0 Å². The van der Waals surface area contributed by atoms with E-state index in [-0.39, 0.29) is 6.61 Å². The Morgan fingerprint density at radius 1 is 1.41 bits per heavy atom. The molecule has 1 aliphatic carbocycles. The molecule has 17 heavy (non-hydrogen) atoms. The Labute approximate surface area is 107 Å². The zero-order chi connectivity index (χ0) is 12.1. The number of thiazole rings is 1. The van der Waals surface area contributed by atoms with Crippen molar-refractivity contribution < 1.29 is 5.11 Å². The van der Waals surface area contributed by atoms with E-state index in [1.807, 2.05) is 5.51 Å². The molecule has 1 saturated carbocycles. The largest absolute Gasteiger partial charge is 0.395 e. The second-order valence-electron chi connectivity index (χ2n) is 4.85. The Balaban J connectivity index is 1.98. The van der Waals surface area contributed by atoms with Gasteiger partial charge in [-0.3, -0.25) is 4.90 Å². The van der Waals surface area contributed by atoms with Crippen LogP contribution >= 0.6 is 11.3 Å². The Morgan fingerprint density at radius 3 is 2.76 bits per heavy atom. The molecule has 96 valence electrons. The van der Waals surface area contributed by atoms with Crippen molar-refractivity contribution in [2.45, 2.75) is 51.6 Å². The zero-order valence-corrected chi connectivity index (χ0v) is 11.4. The number of hydrogen-bond acceptors (Lipinski definition) is 4. The molecule has 0 saturated heterocycles. The highest BCUT2D eigenvalue weighted by atomic mass is 32.1. The first-order valence-electron chi connectivity index (χ1n) is 6.55. The van der Waals surface area contributed by atoms with Crippen molar-refractivity contribution >= 4 is 11.3 Å². The van der Waals surface area contributed by atoms with E-state index in [0.717, 1.165) is 18.8 Å². The van der Waals surface area contributed by atoms with Crippen molar-refractivity contribution in [1.29, 1.82) is 0 Å². The van der Waals surface area contributed by atoms with E-state index in [1.165, 1.54) is 37.0 Å². The van der Waals surface area contributed by atoms with Gasteiger partial charge in [0.2, 0.25) is 0 Å². The van der Waals surface area contributed by atoms with Crippen LogP contribution in [0.3, 0.4) is 0 Å². The minimum atomic E-state index is 0.258. The molecule has 1 fully saturated rings. The van der Waals surface area contributed by atoms with Gasteiger partial charge < -0.3 is 5.11 Å². The predicted molar refractivity (Wildman–Crippen MR) is 71.2 cm³/mol. The zero-order valence-electron chi connectivity index (χ0n) is 10.6. The Hall–Kier alpha value is -0.450. The highest BCUT2D eigenvalue weighted by molar-refractivity contribution is 7.09. The standard InChI is InChI=1S/C13H22N2OS/c1-11-13(17-10-14-11)9-15(7-8-16)12-5-3-2-4-6-12/h10,12,16H,2-9H2,1H3. The molecule has 0 radical (unpaired) electrons. The molecule has 0 bridgehead atoms. The minimum absolute atomic E-state index is 0.258. The summed E-state index contributed by atoms with van der Waals surface area (Å²) >= 11 is 1.73. The number of rotatable bonds is 5. The van der Waals surface area contributed by atoms with E-state index in [0.29, 0.717) is 6.04 Å². The molecule has 0 unspecified atom stereocenters. The second-order valence-corrected chi connectivity index (χ2v) is 5.79. The monoisotopic (exact) mass is 254 g/mol. The van der Waals surface area contributed by atoms with Crippen molar-refractivity contribution in [3.05, 3.63) is 16.1 Å². The quantitative estimate of drug-likeness (QED) is 0.877. The van der Waals surface area contributed by atoms with Crippen LogP contribution in [0.15, 0.2) is 5.51 Å². The summed E-state index contributed by atoms with van der Waals surface area (Å²) in [5.41, 5.74) is 3.07. The number of aliphatic hydroxyl groups excluding tert-OH is 1. The lowest BCUT2D eigenvalue weighted by molar-refractivity contribution is 0.118. The van der Waals surface area contributed by atoms with Crippen LogP contribution in [-0.2, 0) is 6.54 Å². The van der Waals surface area contributed by atoms with Gasteiger partial charge in [-0.25, -0.2) is 4.98 Å². The van der Waals surface area contributed by atoms with Crippen molar-refractivity contribution in [3.63, 3.8) is 0 Å². The van der Waals surface area contributed by atoms with Crippen LogP contribution in [0, 0.1) is 6.92 Å². The van der Waals surface area contributed by atoms with Crippen LogP contribution in [0.2, 0.25) is 0 Å². The first-order chi connectivity index (χ1) is 8.31. The van der Waals surface area contributed by atoms with Gasteiger partial charge in [-0.2, -0.15) is 0 Å². The van der Waals surface area contributed by atoms with Gasteiger partial charge in [0.05, 0.1) is 17.8 Å². The fourth-order valence-corrected chi connectivity index (χ4v) is 3.43. The molecule has 0 amide bonds. The van der Waals surface area contributed by atoms with Gasteiger partial charge in [0.15, 0.2) is 0 Å². The van der Waals surface area contributed by atoms with Crippen LogP contribution in [0.1, 0.15) is 42.7 Å². The summed E-state index contributed by atoms with van der Waals surface area (Å²) in [5, 5.41) is 9.21. The molecule has 0 aliphatic heterocycles. The average molecular weight is 254 g/mol. The number of nitrogens with zero attached hydrogens (tertiary/aromatic N) is 2. The highest BCUT2D eigenvalue weighted by Gasteiger charge is 2.21. The lowest BCUT2D eigenvalue weighted by atomic mass is 9.94. The van der Waals surface area contributed by atoms with E-state index in [4.69, 9.17) is 0 Å². The molecule has 0 atom stereocenters. The molecule has 4 heteroatoms. The lowest BCUT2D eigenvalue weighted by Gasteiger charge is -2.33. The van der Waals surface area contributed by atoms with Gasteiger partial charge >= 0.3 is 0 Å². The van der Waals surface area contributed by atoms with E-state index >= 15 is 0 Å². The summed E-state index contributed by atoms with van der Waals surface area (Å²) in [6.07, 6.45) is 6.64. The molecule has 3 nitrogen and oxygen atoms in total. The summed E-state index contributed by atoms with van der Waals surface area (Å²) in [5.74, 6) is 0. The first-order valence-corrected chi connectivity index (χ1v) is 7.43. The minimum Gasteiger partial charge on any atom is -0.395 e. The molecular formula is C13H22N2OS. The van der Waals surface area contributed by atoms with Gasteiger partial charge in [-0.15, -0.1) is 11.3 Å². The van der Waals surface area contributed by atoms with Crippen LogP contribution in [0.4, 0.5) is 0 Å². The summed E-state index contributed by atoms with van der Waals surface area (Å²) in [6.45, 7) is 4.09. The van der Waals surface area contributed by atoms with Gasteiger partial charge in [0.25, 0.3) is 0 Å². The average Bonchev–Trinajstić information content (AvgIpc) is 2.76. The van der Waals surface area contributed by atoms with Crippen molar-refractivity contribution in [2.75, 3.05) is 13.2 Å². The number of aromatic nitrogens is 1. The van der Waals surface area contributed by atoms with Crippen LogP contribution in [0.25, 0.3) is 0 Å². The van der Waals surface area contributed by atoms with Gasteiger partial charge in [0.1, 0.15) is 0 Å². The maximum absolute atomic E-state index is 9.21. The number of aliphatic hydroxyl groups is 1. The van der Waals surface area contributed by atoms with Crippen LogP contribution < -0.4 is 0 Å². The predicted octanol–water partition coefficient (Wildman–Crippen LogP) is 2.58. The van der Waals surface area contributed by atoms with Crippen LogP contribution in [-0.4, -0.2) is 34.2 Å². The summed E-state index contributed by atoms with van der Waals surface area (Å²) < 4.78 is 0. The van der Waals surface area contributed by atoms with Crippen molar-refractivity contribution in [2.24, 2.45) is 0 Å². The van der Waals surface area contributed by atoms with Crippen molar-refractivity contribution in [1.82, 2.24) is 9.88 Å². The molecule has 0 aromatic carbocycles. The van der Waals surface area contributed by atoms with E-state index in [1.54, 1.807) is 11.3 Å². The van der Waals surface area contributed by atoms with E-state index in [9.17, 15) is 5.11 Å². The lowest BCUT2D eigenvalue weighted by Crippen LogP contribution is -2.38. The van der Waals surface area contributed by atoms with E-state index in [2.05, 4.69) is 16.8 Å². The SMILES string of the molecule is Cc1ncsc1CN(CCO)C1CCCCC1. The maximum atomic E-state index is 9.21. The third kappa shape index (κ3) is 3.50. The summed E-state index contributed by atoms with van der Waals surface area (Å²) in [4.78, 5) is 8.10. The smallest absolute Gasteiger partial charge is 0.0798 e. The van der Waals surface area contributed by atoms with Crippen molar-refractivity contribution in [3.8, 4) is 0 Å². The molecular weight excluding hydrogens is 232 g/mol. The van der Waals surface area contributed by atoms with Gasteiger partial charge in [-0.05, 0) is 19.8 Å². The fraction of sp³-hybridized carbons (Fsp3) is 0.769. The van der Waals surface area contributed by atoms with Crippen LogP contribution in [0.5, 0.6) is 0 Å². The molecule has 1 N–H and O–H groups in total. The Kier molecular flexibility index (Phi) is 4.95. The molecule has 2 rings (SSSR count). The topological polar surface area (TPSA) is 36.4 Å². The molecule has 0 spiro atoms. The Morgan fingerprint density at radius 2 is 2.18 bits per heavy atom. The first kappa shape index (κ1) is 13.0. The molecule has 1 heterocycles. The highest BCUT2D eigenvalue weighted by Crippen LogP contribution is 2.25. The third-order valence-electron chi connectivity index (χ3n) is 3.67. The third-order valence-corrected chi connectivity index (χ3v) is 4.59. The number of hydrogen-bond donors (Lipinski definition) is 1. The molecule has 1 aliphatic rings. The fourth-order valence-electron chi connectivity index (χ4n) is 2.63. The molecule has 1 aromatic heterocycles. The number of aryl methyl sites for hydroxylation is 1. The Bertz CT molecular complexity index is 334.